The second kappa shape index (κ2) is 6.60. The molecule has 0 saturated carbocycles. The van der Waals surface area contributed by atoms with E-state index in [1.165, 1.54) is 60.4 Å². The van der Waals surface area contributed by atoms with Crippen LogP contribution >= 0.6 is 0 Å². The molecule has 0 amide bonds. The molecule has 0 atom stereocenters. The van der Waals surface area contributed by atoms with Gasteiger partial charge in [0.2, 0.25) is 0 Å². The first-order valence-corrected chi connectivity index (χ1v) is 11.0. The maximum Gasteiger partial charge on any atom is 0.0547 e. The van der Waals surface area contributed by atoms with E-state index in [0.29, 0.717) is 0 Å². The molecule has 5 aromatic carbocycles. The third-order valence-corrected chi connectivity index (χ3v) is 6.54. The smallest absolute Gasteiger partial charge is 0.0547 e. The highest BCUT2D eigenvalue weighted by Crippen LogP contribution is 2.41. The van der Waals surface area contributed by atoms with E-state index in [1.807, 2.05) is 0 Å². The van der Waals surface area contributed by atoms with E-state index in [4.69, 9.17) is 0 Å². The van der Waals surface area contributed by atoms with Crippen LogP contribution < -0.4 is 0 Å². The number of rotatable bonds is 2. The minimum Gasteiger partial charge on any atom is -0.354 e. The Balaban J connectivity index is 1.64. The van der Waals surface area contributed by atoms with Gasteiger partial charge in [0.25, 0.3) is 0 Å². The Morgan fingerprint density at radius 1 is 0.469 bits per heavy atom. The van der Waals surface area contributed by atoms with Crippen molar-refractivity contribution in [3.63, 3.8) is 0 Å². The van der Waals surface area contributed by atoms with Gasteiger partial charge < -0.3 is 9.55 Å². The van der Waals surface area contributed by atoms with Crippen LogP contribution in [0.2, 0.25) is 0 Å². The average molecular weight is 409 g/mol. The van der Waals surface area contributed by atoms with Gasteiger partial charge in [0.15, 0.2) is 0 Å². The van der Waals surface area contributed by atoms with Gasteiger partial charge in [0, 0.05) is 38.3 Å². The van der Waals surface area contributed by atoms with Crippen LogP contribution in [-0.4, -0.2) is 9.55 Å². The van der Waals surface area contributed by atoms with Crippen molar-refractivity contribution in [3.8, 4) is 16.8 Å². The number of hydrogen-bond donors (Lipinski definition) is 1. The van der Waals surface area contributed by atoms with E-state index >= 15 is 0 Å². The van der Waals surface area contributed by atoms with Gasteiger partial charge in [-0.25, -0.2) is 0 Å². The number of para-hydroxylation sites is 4. The summed E-state index contributed by atoms with van der Waals surface area (Å²) in [6.07, 6.45) is 0. The topological polar surface area (TPSA) is 20.7 Å². The molecule has 2 heteroatoms. The summed E-state index contributed by atoms with van der Waals surface area (Å²) in [5.41, 5.74) is 8.49. The molecule has 150 valence electrons. The fourth-order valence-corrected chi connectivity index (χ4v) is 5.20. The highest BCUT2D eigenvalue weighted by molar-refractivity contribution is 6.19. The van der Waals surface area contributed by atoms with Crippen molar-refractivity contribution in [1.82, 2.24) is 9.55 Å². The molecule has 7 rings (SSSR count). The van der Waals surface area contributed by atoms with E-state index in [9.17, 15) is 0 Å². The van der Waals surface area contributed by atoms with E-state index in [2.05, 4.69) is 125 Å². The number of nitrogens with zero attached hydrogens (tertiary/aromatic N) is 1. The van der Waals surface area contributed by atoms with Crippen LogP contribution in [0.3, 0.4) is 0 Å². The summed E-state index contributed by atoms with van der Waals surface area (Å²) in [6, 6.07) is 41.2. The fraction of sp³-hybridized carbons (Fsp3) is 0. The molecule has 0 aliphatic heterocycles. The third-order valence-electron chi connectivity index (χ3n) is 6.54. The van der Waals surface area contributed by atoms with Crippen molar-refractivity contribution in [2.45, 2.75) is 0 Å². The quantitative estimate of drug-likeness (QED) is 0.298. The van der Waals surface area contributed by atoms with Crippen LogP contribution in [-0.2, 0) is 0 Å². The normalized spacial score (nSPS) is 11.8. The Morgan fingerprint density at radius 3 is 2.03 bits per heavy atom. The van der Waals surface area contributed by atoms with Crippen LogP contribution in [0.1, 0.15) is 0 Å². The highest BCUT2D eigenvalue weighted by atomic mass is 15.0. The number of aromatic amines is 1. The molecule has 32 heavy (non-hydrogen) atoms. The zero-order chi connectivity index (χ0) is 21.1. The van der Waals surface area contributed by atoms with Crippen molar-refractivity contribution < 1.29 is 0 Å². The van der Waals surface area contributed by atoms with Crippen LogP contribution in [0.4, 0.5) is 0 Å². The second-order valence-corrected chi connectivity index (χ2v) is 8.29. The van der Waals surface area contributed by atoms with Crippen LogP contribution in [0, 0.1) is 0 Å². The molecule has 0 unspecified atom stereocenters. The summed E-state index contributed by atoms with van der Waals surface area (Å²) < 4.78 is 2.37. The molecule has 0 bridgehead atoms. The monoisotopic (exact) mass is 408 g/mol. The SMILES string of the molecule is c1ccc(-n2c3ccccc3c3c(-c4cccc5c4[nH]c4ccccc45)cccc32)cc1. The maximum absolute atomic E-state index is 3.69. The van der Waals surface area contributed by atoms with Gasteiger partial charge in [-0.3, -0.25) is 0 Å². The number of aromatic nitrogens is 2. The lowest BCUT2D eigenvalue weighted by molar-refractivity contribution is 1.18. The number of hydrogen-bond acceptors (Lipinski definition) is 0. The number of fused-ring (bicyclic) bond motifs is 6. The fourth-order valence-electron chi connectivity index (χ4n) is 5.20. The standard InChI is InChI=1S/C30H20N2/c1-2-10-20(11-3-1)32-27-18-7-5-13-25(27)29-22(14-9-19-28(29)32)24-16-8-15-23-21-12-4-6-17-26(21)31-30(23)24/h1-19,31H. The minimum absolute atomic E-state index is 1.17. The molecule has 2 aromatic heterocycles. The van der Waals surface area contributed by atoms with Crippen molar-refractivity contribution in [2.24, 2.45) is 0 Å². The lowest BCUT2D eigenvalue weighted by Crippen LogP contribution is -1.92. The Labute approximate surface area is 185 Å². The van der Waals surface area contributed by atoms with Crippen molar-refractivity contribution in [2.75, 3.05) is 0 Å². The van der Waals surface area contributed by atoms with Gasteiger partial charge >= 0.3 is 0 Å². The molecule has 0 radical (unpaired) electrons. The molecule has 2 nitrogen and oxygen atoms in total. The van der Waals surface area contributed by atoms with Crippen LogP contribution in [0.15, 0.2) is 115 Å². The van der Waals surface area contributed by atoms with Crippen LogP contribution in [0.25, 0.3) is 60.4 Å². The molecule has 1 N–H and O–H groups in total. The molecule has 7 aromatic rings. The highest BCUT2D eigenvalue weighted by Gasteiger charge is 2.17. The zero-order valence-corrected chi connectivity index (χ0v) is 17.4. The Morgan fingerprint density at radius 2 is 1.12 bits per heavy atom. The maximum atomic E-state index is 3.69. The lowest BCUT2D eigenvalue weighted by atomic mass is 9.97. The Bertz CT molecular complexity index is 1770. The number of benzene rings is 5. The summed E-state index contributed by atoms with van der Waals surface area (Å²) >= 11 is 0. The lowest BCUT2D eigenvalue weighted by Gasteiger charge is -2.09. The van der Waals surface area contributed by atoms with Gasteiger partial charge in [-0.15, -0.1) is 0 Å². The molecule has 0 aliphatic carbocycles. The Hall–Kier alpha value is -4.30. The van der Waals surface area contributed by atoms with Gasteiger partial charge in [-0.2, -0.15) is 0 Å². The summed E-state index contributed by atoms with van der Waals surface area (Å²) in [5, 5.41) is 5.10. The predicted octanol–water partition coefficient (Wildman–Crippen LogP) is 8.09. The van der Waals surface area contributed by atoms with Crippen LogP contribution in [0.5, 0.6) is 0 Å². The molecule has 0 spiro atoms. The predicted molar refractivity (Wildman–Crippen MR) is 136 cm³/mol. The largest absolute Gasteiger partial charge is 0.354 e. The average Bonchev–Trinajstić information content (AvgIpc) is 3.40. The molecular weight excluding hydrogens is 388 g/mol. The molecular formula is C30H20N2. The van der Waals surface area contributed by atoms with Crippen molar-refractivity contribution >= 4 is 43.6 Å². The van der Waals surface area contributed by atoms with E-state index in [1.54, 1.807) is 0 Å². The molecule has 0 fully saturated rings. The van der Waals surface area contributed by atoms with Gasteiger partial charge in [0.1, 0.15) is 0 Å². The summed E-state index contributed by atoms with van der Waals surface area (Å²) in [7, 11) is 0. The first kappa shape index (κ1) is 17.4. The van der Waals surface area contributed by atoms with Gasteiger partial charge in [-0.1, -0.05) is 84.9 Å². The van der Waals surface area contributed by atoms with Crippen molar-refractivity contribution in [1.29, 1.82) is 0 Å². The van der Waals surface area contributed by atoms with E-state index in [-0.39, 0.29) is 0 Å². The third kappa shape index (κ3) is 2.35. The minimum atomic E-state index is 1.17. The number of nitrogens with one attached hydrogen (secondary N) is 1. The summed E-state index contributed by atoms with van der Waals surface area (Å²) in [6.45, 7) is 0. The molecule has 0 aliphatic rings. The Kier molecular flexibility index (Phi) is 3.58. The van der Waals surface area contributed by atoms with Crippen molar-refractivity contribution in [3.05, 3.63) is 115 Å². The van der Waals surface area contributed by atoms with E-state index < -0.39 is 0 Å². The van der Waals surface area contributed by atoms with E-state index in [0.717, 1.165) is 0 Å². The molecule has 0 saturated heterocycles. The van der Waals surface area contributed by atoms with Gasteiger partial charge in [-0.05, 0) is 35.9 Å². The molecule has 2 heterocycles. The second-order valence-electron chi connectivity index (χ2n) is 8.29. The first-order valence-electron chi connectivity index (χ1n) is 11.0. The van der Waals surface area contributed by atoms with Gasteiger partial charge in [0.05, 0.1) is 16.6 Å². The zero-order valence-electron chi connectivity index (χ0n) is 17.4. The summed E-state index contributed by atoms with van der Waals surface area (Å²) in [5.74, 6) is 0. The number of H-pyrrole nitrogens is 1. The summed E-state index contributed by atoms with van der Waals surface area (Å²) in [4.78, 5) is 3.69. The first-order chi connectivity index (χ1) is 15.9.